The Labute approximate surface area is 127 Å². The van der Waals surface area contributed by atoms with Gasteiger partial charge in [-0.15, -0.1) is 11.3 Å². The van der Waals surface area contributed by atoms with Gasteiger partial charge in [0, 0.05) is 30.9 Å². The van der Waals surface area contributed by atoms with E-state index < -0.39 is 11.9 Å². The molecule has 0 bridgehead atoms. The van der Waals surface area contributed by atoms with Gasteiger partial charge >= 0.3 is 5.97 Å². The Morgan fingerprint density at radius 1 is 1.38 bits per heavy atom. The summed E-state index contributed by atoms with van der Waals surface area (Å²) in [5.74, 6) is -1.07. The van der Waals surface area contributed by atoms with Gasteiger partial charge in [0.1, 0.15) is 5.92 Å². The molecule has 114 valence electrons. The van der Waals surface area contributed by atoms with Crippen LogP contribution in [-0.4, -0.2) is 46.5 Å². The fraction of sp³-hybridized carbons (Fsp3) is 0.643. The number of anilines is 1. The molecule has 1 aliphatic heterocycles. The largest absolute Gasteiger partial charge is 0.481 e. The highest BCUT2D eigenvalue weighted by Crippen LogP contribution is 2.38. The van der Waals surface area contributed by atoms with Gasteiger partial charge in [0.25, 0.3) is 0 Å². The Balaban J connectivity index is 1.51. The Morgan fingerprint density at radius 3 is 2.86 bits per heavy atom. The van der Waals surface area contributed by atoms with Crippen LogP contribution < -0.4 is 5.32 Å². The van der Waals surface area contributed by atoms with Gasteiger partial charge in [-0.3, -0.25) is 9.59 Å². The number of nitrogens with one attached hydrogen (secondary N) is 1. The van der Waals surface area contributed by atoms with Gasteiger partial charge in [0.05, 0.1) is 5.69 Å². The summed E-state index contributed by atoms with van der Waals surface area (Å²) >= 11 is 1.52. The van der Waals surface area contributed by atoms with Crippen molar-refractivity contribution in [3.63, 3.8) is 0 Å². The third kappa shape index (κ3) is 3.02. The highest BCUT2D eigenvalue weighted by atomic mass is 32.1. The highest BCUT2D eigenvalue weighted by Gasteiger charge is 2.32. The standard InChI is InChI=1S/C14H19N3O3S/c18-11(17-7-1-2-8-17)5-6-15-14-16-12-9(13(19)20)3-4-10(12)21-14/h9H,1-8H2,(H,15,16)(H,19,20). The summed E-state index contributed by atoms with van der Waals surface area (Å²) in [6.45, 7) is 2.31. The number of thiazole rings is 1. The van der Waals surface area contributed by atoms with Crippen molar-refractivity contribution in [2.24, 2.45) is 0 Å². The maximum Gasteiger partial charge on any atom is 0.312 e. The summed E-state index contributed by atoms with van der Waals surface area (Å²) in [6.07, 6.45) is 4.12. The minimum absolute atomic E-state index is 0.188. The van der Waals surface area contributed by atoms with Crippen molar-refractivity contribution in [3.8, 4) is 0 Å². The van der Waals surface area contributed by atoms with Crippen LogP contribution in [-0.2, 0) is 16.0 Å². The van der Waals surface area contributed by atoms with Gasteiger partial charge in [0.2, 0.25) is 5.91 Å². The molecule has 1 saturated heterocycles. The van der Waals surface area contributed by atoms with Crippen molar-refractivity contribution in [2.75, 3.05) is 25.0 Å². The maximum absolute atomic E-state index is 11.9. The number of hydrogen-bond acceptors (Lipinski definition) is 5. The quantitative estimate of drug-likeness (QED) is 0.865. The first-order valence-electron chi connectivity index (χ1n) is 7.39. The number of nitrogens with zero attached hydrogens (tertiary/aromatic N) is 2. The number of rotatable bonds is 5. The van der Waals surface area contributed by atoms with Crippen molar-refractivity contribution in [1.29, 1.82) is 0 Å². The summed E-state index contributed by atoms with van der Waals surface area (Å²) in [6, 6.07) is 0. The van der Waals surface area contributed by atoms with Gasteiger partial charge in [-0.05, 0) is 25.7 Å². The average Bonchev–Trinajstić information content (AvgIpc) is 3.14. The molecule has 1 atom stereocenters. The summed E-state index contributed by atoms with van der Waals surface area (Å²) in [5.41, 5.74) is 0.709. The van der Waals surface area contributed by atoms with Crippen LogP contribution in [0, 0.1) is 0 Å². The van der Waals surface area contributed by atoms with Crippen LogP contribution in [0.1, 0.15) is 42.2 Å². The molecule has 1 amide bonds. The number of carboxylic acid groups (broad SMARTS) is 1. The maximum atomic E-state index is 11.9. The topological polar surface area (TPSA) is 82.5 Å². The van der Waals surface area contributed by atoms with Crippen molar-refractivity contribution >= 4 is 28.3 Å². The zero-order valence-electron chi connectivity index (χ0n) is 11.8. The zero-order valence-corrected chi connectivity index (χ0v) is 12.6. The second-order valence-electron chi connectivity index (χ2n) is 5.52. The number of hydrogen-bond donors (Lipinski definition) is 2. The molecule has 0 radical (unpaired) electrons. The number of carbonyl (C=O) groups excluding carboxylic acids is 1. The number of aromatic nitrogens is 1. The number of fused-ring (bicyclic) bond motifs is 1. The molecule has 0 spiro atoms. The molecule has 1 unspecified atom stereocenters. The van der Waals surface area contributed by atoms with E-state index in [-0.39, 0.29) is 5.91 Å². The molecule has 0 aromatic carbocycles. The average molecular weight is 309 g/mol. The first-order valence-corrected chi connectivity index (χ1v) is 8.21. The molecule has 0 saturated carbocycles. The summed E-state index contributed by atoms with van der Waals surface area (Å²) < 4.78 is 0. The van der Waals surface area contributed by atoms with Crippen LogP contribution in [0.15, 0.2) is 0 Å². The van der Waals surface area contributed by atoms with Gasteiger partial charge in [-0.25, -0.2) is 4.98 Å². The molecule has 2 aliphatic rings. The normalized spacial score (nSPS) is 20.6. The van der Waals surface area contributed by atoms with Crippen LogP contribution in [0.5, 0.6) is 0 Å². The smallest absolute Gasteiger partial charge is 0.312 e. The Kier molecular flexibility index (Phi) is 4.10. The Bertz CT molecular complexity index is 552. The van der Waals surface area contributed by atoms with E-state index in [1.54, 1.807) is 0 Å². The lowest BCUT2D eigenvalue weighted by Crippen LogP contribution is -2.29. The number of aliphatic carboxylic acids is 1. The first kappa shape index (κ1) is 14.3. The van der Waals surface area contributed by atoms with E-state index in [9.17, 15) is 9.59 Å². The van der Waals surface area contributed by atoms with Gasteiger partial charge in [-0.2, -0.15) is 0 Å². The predicted molar refractivity (Wildman–Crippen MR) is 79.7 cm³/mol. The lowest BCUT2D eigenvalue weighted by atomic mass is 10.1. The molecule has 2 heterocycles. The number of carbonyl (C=O) groups is 2. The van der Waals surface area contributed by atoms with Crippen molar-refractivity contribution < 1.29 is 14.7 Å². The van der Waals surface area contributed by atoms with E-state index in [4.69, 9.17) is 5.11 Å². The fourth-order valence-electron chi connectivity index (χ4n) is 2.94. The van der Waals surface area contributed by atoms with Crippen LogP contribution in [0.4, 0.5) is 5.13 Å². The van der Waals surface area contributed by atoms with E-state index in [1.165, 1.54) is 11.3 Å². The van der Waals surface area contributed by atoms with Crippen molar-refractivity contribution in [1.82, 2.24) is 9.88 Å². The number of aryl methyl sites for hydroxylation is 1. The molecule has 7 heteroatoms. The zero-order chi connectivity index (χ0) is 14.8. The van der Waals surface area contributed by atoms with E-state index in [2.05, 4.69) is 10.3 Å². The molecule has 1 aliphatic carbocycles. The van der Waals surface area contributed by atoms with Crippen LogP contribution in [0.3, 0.4) is 0 Å². The van der Waals surface area contributed by atoms with Crippen LogP contribution >= 0.6 is 11.3 Å². The highest BCUT2D eigenvalue weighted by molar-refractivity contribution is 7.15. The van der Waals surface area contributed by atoms with E-state index in [0.29, 0.717) is 25.1 Å². The Morgan fingerprint density at radius 2 is 2.14 bits per heavy atom. The molecule has 21 heavy (non-hydrogen) atoms. The third-order valence-electron chi connectivity index (χ3n) is 4.09. The molecule has 1 aromatic rings. The van der Waals surface area contributed by atoms with E-state index in [0.717, 1.165) is 42.4 Å². The van der Waals surface area contributed by atoms with Crippen LogP contribution in [0.2, 0.25) is 0 Å². The van der Waals surface area contributed by atoms with Crippen molar-refractivity contribution in [2.45, 2.75) is 38.0 Å². The molecule has 3 rings (SSSR count). The molecular weight excluding hydrogens is 290 g/mol. The first-order chi connectivity index (χ1) is 10.1. The second-order valence-corrected chi connectivity index (χ2v) is 6.61. The Hall–Kier alpha value is -1.63. The van der Waals surface area contributed by atoms with Crippen molar-refractivity contribution in [3.05, 3.63) is 10.6 Å². The third-order valence-corrected chi connectivity index (χ3v) is 5.18. The number of carboxylic acids is 1. The predicted octanol–water partition coefficient (Wildman–Crippen LogP) is 1.68. The van der Waals surface area contributed by atoms with E-state index >= 15 is 0 Å². The summed E-state index contributed by atoms with van der Waals surface area (Å²) in [4.78, 5) is 30.4. The fourth-order valence-corrected chi connectivity index (χ4v) is 4.01. The SMILES string of the molecule is O=C(O)C1CCc2sc(NCCC(=O)N3CCCC3)nc21. The second kappa shape index (κ2) is 6.01. The lowest BCUT2D eigenvalue weighted by Gasteiger charge is -2.14. The number of likely N-dealkylation sites (tertiary alicyclic amines) is 1. The minimum Gasteiger partial charge on any atom is -0.481 e. The monoisotopic (exact) mass is 309 g/mol. The van der Waals surface area contributed by atoms with E-state index in [1.807, 2.05) is 4.90 Å². The lowest BCUT2D eigenvalue weighted by molar-refractivity contribution is -0.138. The van der Waals surface area contributed by atoms with Gasteiger partial charge in [-0.1, -0.05) is 0 Å². The molecule has 2 N–H and O–H groups in total. The van der Waals surface area contributed by atoms with Crippen LogP contribution in [0.25, 0.3) is 0 Å². The molecule has 6 nitrogen and oxygen atoms in total. The molecule has 1 aromatic heterocycles. The minimum atomic E-state index is -0.796. The molecule has 1 fully saturated rings. The van der Waals surface area contributed by atoms with Gasteiger partial charge in [0.15, 0.2) is 5.13 Å². The van der Waals surface area contributed by atoms with Gasteiger partial charge < -0.3 is 15.3 Å². The molecular formula is C14H19N3O3S. The number of amides is 1. The summed E-state index contributed by atoms with van der Waals surface area (Å²) in [5, 5.41) is 13.0. The summed E-state index contributed by atoms with van der Waals surface area (Å²) in [7, 11) is 0.